The number of hydrogen-bond acceptors (Lipinski definition) is 3. The fourth-order valence-electron chi connectivity index (χ4n) is 2.97. The second-order valence-corrected chi connectivity index (χ2v) is 8.08. The van der Waals surface area contributed by atoms with Crippen LogP contribution < -0.4 is 4.31 Å². The maximum absolute atomic E-state index is 13.3. The fourth-order valence-corrected chi connectivity index (χ4v) is 4.40. The number of benzene rings is 1. The molecule has 9 heteroatoms. The molecule has 3 rings (SSSR count). The molecule has 0 aliphatic carbocycles. The molecule has 1 aromatic heterocycles. The van der Waals surface area contributed by atoms with Crippen LogP contribution in [0.5, 0.6) is 0 Å². The molecule has 0 radical (unpaired) electrons. The highest BCUT2D eigenvalue weighted by atomic mass is 32.2. The molecular weight excluding hydrogens is 355 g/mol. The van der Waals surface area contributed by atoms with Gasteiger partial charge in [0, 0.05) is 18.8 Å². The molecular formula is C16H18F3N3O2S. The summed E-state index contributed by atoms with van der Waals surface area (Å²) >= 11 is 0. The highest BCUT2D eigenvalue weighted by Gasteiger charge is 2.46. The van der Waals surface area contributed by atoms with Crippen molar-refractivity contribution in [3.8, 4) is 0 Å². The van der Waals surface area contributed by atoms with Crippen LogP contribution in [0.1, 0.15) is 37.8 Å². The Kier molecular flexibility index (Phi) is 4.30. The maximum Gasteiger partial charge on any atom is 0.395 e. The Labute approximate surface area is 144 Å². The van der Waals surface area contributed by atoms with E-state index in [9.17, 15) is 21.6 Å². The van der Waals surface area contributed by atoms with Gasteiger partial charge in [-0.1, -0.05) is 18.2 Å². The van der Waals surface area contributed by atoms with Crippen LogP contribution in [0.15, 0.2) is 41.8 Å². The van der Waals surface area contributed by atoms with Gasteiger partial charge in [0.15, 0.2) is 5.03 Å². The number of hydrogen-bond donors (Lipinski definition) is 0. The number of sulfonamides is 1. The first-order valence-corrected chi connectivity index (χ1v) is 9.28. The Bertz CT molecular complexity index is 875. The normalized spacial score (nSPS) is 18.5. The van der Waals surface area contributed by atoms with Crippen molar-refractivity contribution in [1.29, 1.82) is 0 Å². The highest BCUT2D eigenvalue weighted by Crippen LogP contribution is 2.45. The molecule has 0 bridgehead atoms. The number of halogens is 3. The second-order valence-electron chi connectivity index (χ2n) is 6.27. The Balaban J connectivity index is 2.05. The van der Waals surface area contributed by atoms with Crippen LogP contribution in [0.25, 0.3) is 0 Å². The minimum atomic E-state index is -4.41. The van der Waals surface area contributed by atoms with Crippen LogP contribution in [0, 0.1) is 0 Å². The van der Waals surface area contributed by atoms with Crippen molar-refractivity contribution in [1.82, 2.24) is 9.55 Å². The van der Waals surface area contributed by atoms with Gasteiger partial charge in [-0.2, -0.15) is 21.6 Å². The SMILES string of the molecule is CC(C)n1cnc(S(=O)(=O)N2CCC(C(F)(F)F)c3ccccc32)c1. The van der Waals surface area contributed by atoms with Crippen LogP contribution in [-0.2, 0) is 10.0 Å². The summed E-state index contributed by atoms with van der Waals surface area (Å²) in [7, 11) is -4.02. The molecule has 0 spiro atoms. The summed E-state index contributed by atoms with van der Waals surface area (Å²) in [5.74, 6) is -1.66. The molecule has 1 aromatic carbocycles. The zero-order valence-corrected chi connectivity index (χ0v) is 14.5. The highest BCUT2D eigenvalue weighted by molar-refractivity contribution is 7.92. The molecule has 0 N–H and O–H groups in total. The molecule has 1 aliphatic rings. The third-order valence-electron chi connectivity index (χ3n) is 4.33. The van der Waals surface area contributed by atoms with E-state index >= 15 is 0 Å². The van der Waals surface area contributed by atoms with Crippen molar-refractivity contribution >= 4 is 15.7 Å². The van der Waals surface area contributed by atoms with Gasteiger partial charge in [0.05, 0.1) is 17.9 Å². The molecule has 2 aromatic rings. The van der Waals surface area contributed by atoms with Crippen LogP contribution >= 0.6 is 0 Å². The van der Waals surface area contributed by atoms with Crippen LogP contribution in [0.4, 0.5) is 18.9 Å². The lowest BCUT2D eigenvalue weighted by atomic mass is 9.90. The van der Waals surface area contributed by atoms with Crippen molar-refractivity contribution in [2.24, 2.45) is 0 Å². The second kappa shape index (κ2) is 6.05. The van der Waals surface area contributed by atoms with Crippen molar-refractivity contribution in [3.63, 3.8) is 0 Å². The van der Waals surface area contributed by atoms with Crippen LogP contribution in [0.3, 0.4) is 0 Å². The van der Waals surface area contributed by atoms with E-state index in [1.54, 1.807) is 4.57 Å². The monoisotopic (exact) mass is 373 g/mol. The summed E-state index contributed by atoms with van der Waals surface area (Å²) in [4.78, 5) is 3.94. The Hall–Kier alpha value is -2.03. The van der Waals surface area contributed by atoms with Gasteiger partial charge in [-0.05, 0) is 31.9 Å². The van der Waals surface area contributed by atoms with E-state index in [-0.39, 0.29) is 35.3 Å². The predicted octanol–water partition coefficient (Wildman–Crippen LogP) is 3.71. The molecule has 136 valence electrons. The van der Waals surface area contributed by atoms with Gasteiger partial charge < -0.3 is 4.57 Å². The number of imidazole rings is 1. The number of alkyl halides is 3. The average molecular weight is 373 g/mol. The van der Waals surface area contributed by atoms with Gasteiger partial charge in [-0.15, -0.1) is 0 Å². The minimum Gasteiger partial charge on any atom is -0.334 e. The van der Waals surface area contributed by atoms with Gasteiger partial charge in [0.25, 0.3) is 10.0 Å². The molecule has 0 fully saturated rings. The van der Waals surface area contributed by atoms with E-state index < -0.39 is 22.1 Å². The van der Waals surface area contributed by atoms with Crippen molar-refractivity contribution in [2.45, 2.75) is 43.4 Å². The Morgan fingerprint density at radius 1 is 1.24 bits per heavy atom. The van der Waals surface area contributed by atoms with Gasteiger partial charge in [-0.25, -0.2) is 4.98 Å². The minimum absolute atomic E-state index is 0.0203. The molecule has 1 aliphatic heterocycles. The molecule has 0 amide bonds. The predicted molar refractivity (Wildman–Crippen MR) is 87.0 cm³/mol. The zero-order valence-electron chi connectivity index (χ0n) is 13.7. The molecule has 0 saturated carbocycles. The largest absolute Gasteiger partial charge is 0.395 e. The Morgan fingerprint density at radius 2 is 1.92 bits per heavy atom. The first kappa shape index (κ1) is 17.8. The zero-order chi connectivity index (χ0) is 18.4. The van der Waals surface area contributed by atoms with Crippen molar-refractivity contribution in [2.75, 3.05) is 10.8 Å². The summed E-state index contributed by atoms with van der Waals surface area (Å²) in [5, 5.41) is -0.165. The quantitative estimate of drug-likeness (QED) is 0.824. The number of para-hydroxylation sites is 1. The third kappa shape index (κ3) is 3.12. The summed E-state index contributed by atoms with van der Waals surface area (Å²) in [6.07, 6.45) is -1.92. The molecule has 1 atom stereocenters. The van der Waals surface area contributed by atoms with Crippen LogP contribution in [0.2, 0.25) is 0 Å². The van der Waals surface area contributed by atoms with Gasteiger partial charge in [0.2, 0.25) is 0 Å². The fraction of sp³-hybridized carbons (Fsp3) is 0.438. The molecule has 0 saturated heterocycles. The van der Waals surface area contributed by atoms with E-state index in [1.807, 2.05) is 13.8 Å². The number of aromatic nitrogens is 2. The van der Waals surface area contributed by atoms with Gasteiger partial charge in [0.1, 0.15) is 0 Å². The third-order valence-corrected chi connectivity index (χ3v) is 6.02. The lowest BCUT2D eigenvalue weighted by Gasteiger charge is -2.35. The number of anilines is 1. The molecule has 2 heterocycles. The lowest BCUT2D eigenvalue weighted by Crippen LogP contribution is -2.39. The first-order chi connectivity index (χ1) is 11.6. The lowest BCUT2D eigenvalue weighted by molar-refractivity contribution is -0.151. The number of rotatable bonds is 3. The molecule has 5 nitrogen and oxygen atoms in total. The summed E-state index contributed by atoms with van der Waals surface area (Å²) in [6.45, 7) is 3.52. The smallest absolute Gasteiger partial charge is 0.334 e. The van der Waals surface area contributed by atoms with E-state index in [0.29, 0.717) is 0 Å². The standard InChI is InChI=1S/C16H18F3N3O2S/c1-11(2)21-9-15(20-10-21)25(23,24)22-8-7-13(16(17,18)19)12-5-3-4-6-14(12)22/h3-6,9-11,13H,7-8H2,1-2H3. The Morgan fingerprint density at radius 3 is 2.52 bits per heavy atom. The van der Waals surface area contributed by atoms with E-state index in [2.05, 4.69) is 4.98 Å². The topological polar surface area (TPSA) is 55.2 Å². The number of fused-ring (bicyclic) bond motifs is 1. The van der Waals surface area contributed by atoms with E-state index in [4.69, 9.17) is 0 Å². The first-order valence-electron chi connectivity index (χ1n) is 7.84. The van der Waals surface area contributed by atoms with E-state index in [1.165, 1.54) is 36.8 Å². The molecule has 1 unspecified atom stereocenters. The number of nitrogens with zero attached hydrogens (tertiary/aromatic N) is 3. The molecule has 25 heavy (non-hydrogen) atoms. The van der Waals surface area contributed by atoms with Crippen molar-refractivity contribution < 1.29 is 21.6 Å². The van der Waals surface area contributed by atoms with E-state index in [0.717, 1.165) is 4.31 Å². The average Bonchev–Trinajstić information content (AvgIpc) is 3.03. The van der Waals surface area contributed by atoms with Gasteiger partial charge >= 0.3 is 6.18 Å². The summed E-state index contributed by atoms with van der Waals surface area (Å²) in [6, 6.07) is 5.79. The van der Waals surface area contributed by atoms with Crippen molar-refractivity contribution in [3.05, 3.63) is 42.4 Å². The summed E-state index contributed by atoms with van der Waals surface area (Å²) < 4.78 is 68.3. The summed E-state index contributed by atoms with van der Waals surface area (Å²) in [5.41, 5.74) is 0.0447. The van der Waals surface area contributed by atoms with Crippen LogP contribution in [-0.4, -0.2) is 30.7 Å². The van der Waals surface area contributed by atoms with Gasteiger partial charge in [-0.3, -0.25) is 4.31 Å². The maximum atomic E-state index is 13.3.